The highest BCUT2D eigenvalue weighted by atomic mass is 16.5. The van der Waals surface area contributed by atoms with Crippen LogP contribution in [0.3, 0.4) is 0 Å². The van der Waals surface area contributed by atoms with Crippen molar-refractivity contribution in [1.29, 1.82) is 0 Å². The monoisotopic (exact) mass is 253 g/mol. The lowest BCUT2D eigenvalue weighted by Crippen LogP contribution is -2.25. The van der Waals surface area contributed by atoms with Gasteiger partial charge in [0, 0.05) is 13.7 Å². The fourth-order valence-electron chi connectivity index (χ4n) is 1.80. The van der Waals surface area contributed by atoms with Crippen LogP contribution in [0.25, 0.3) is 0 Å². The molecule has 0 fully saturated rings. The van der Waals surface area contributed by atoms with Gasteiger partial charge in [-0.05, 0) is 31.7 Å². The van der Waals surface area contributed by atoms with Crippen LogP contribution in [0, 0.1) is 0 Å². The van der Waals surface area contributed by atoms with Gasteiger partial charge >= 0.3 is 0 Å². The number of methoxy groups -OCH3 is 2. The van der Waals surface area contributed by atoms with Gasteiger partial charge < -0.3 is 19.5 Å². The second-order valence-corrected chi connectivity index (χ2v) is 4.22. The molecule has 1 N–H and O–H groups in total. The molecule has 1 aromatic rings. The number of benzene rings is 1. The van der Waals surface area contributed by atoms with Gasteiger partial charge in [-0.2, -0.15) is 0 Å². The third-order valence-corrected chi connectivity index (χ3v) is 2.68. The van der Waals surface area contributed by atoms with Gasteiger partial charge in [-0.1, -0.05) is 12.1 Å². The summed E-state index contributed by atoms with van der Waals surface area (Å²) in [5.41, 5.74) is 1.13. The van der Waals surface area contributed by atoms with E-state index in [4.69, 9.17) is 14.2 Å². The Kier molecular flexibility index (Phi) is 6.72. The summed E-state index contributed by atoms with van der Waals surface area (Å²) in [7, 11) is 5.26. The maximum absolute atomic E-state index is 5.96. The molecule has 1 rings (SSSR count). The molecule has 0 aromatic heterocycles. The molecule has 0 spiro atoms. The molecular weight excluding hydrogens is 230 g/mol. The third-order valence-electron chi connectivity index (χ3n) is 2.68. The summed E-state index contributed by atoms with van der Waals surface area (Å²) < 4.78 is 16.2. The van der Waals surface area contributed by atoms with Gasteiger partial charge in [0.2, 0.25) is 0 Å². The van der Waals surface area contributed by atoms with E-state index in [1.165, 1.54) is 0 Å². The molecule has 0 aliphatic heterocycles. The highest BCUT2D eigenvalue weighted by Gasteiger charge is 2.15. The predicted octanol–water partition coefficient (Wildman–Crippen LogP) is 2.01. The van der Waals surface area contributed by atoms with Crippen molar-refractivity contribution in [3.63, 3.8) is 0 Å². The lowest BCUT2D eigenvalue weighted by Gasteiger charge is -2.22. The molecule has 4 nitrogen and oxygen atoms in total. The van der Waals surface area contributed by atoms with E-state index in [0.717, 1.165) is 17.9 Å². The van der Waals surface area contributed by atoms with Crippen molar-refractivity contribution in [2.24, 2.45) is 0 Å². The topological polar surface area (TPSA) is 39.7 Å². The van der Waals surface area contributed by atoms with Crippen LogP contribution in [0.4, 0.5) is 0 Å². The van der Waals surface area contributed by atoms with E-state index in [-0.39, 0.29) is 12.2 Å². The Morgan fingerprint density at radius 2 is 1.83 bits per heavy atom. The zero-order chi connectivity index (χ0) is 13.4. The SMILES string of the molecule is CNCC(OC(C)COC)c1ccc(OC)cc1. The minimum atomic E-state index is 0.0195. The minimum Gasteiger partial charge on any atom is -0.497 e. The zero-order valence-electron chi connectivity index (χ0n) is 11.6. The van der Waals surface area contributed by atoms with Crippen molar-refractivity contribution in [3.05, 3.63) is 29.8 Å². The van der Waals surface area contributed by atoms with Crippen LogP contribution in [0.15, 0.2) is 24.3 Å². The molecule has 0 heterocycles. The minimum absolute atomic E-state index is 0.0195. The van der Waals surface area contributed by atoms with E-state index in [2.05, 4.69) is 5.32 Å². The Bertz CT molecular complexity index is 326. The third kappa shape index (κ3) is 4.64. The largest absolute Gasteiger partial charge is 0.497 e. The summed E-state index contributed by atoms with van der Waals surface area (Å²) >= 11 is 0. The summed E-state index contributed by atoms with van der Waals surface area (Å²) in [6.07, 6.45) is 0.0847. The maximum atomic E-state index is 5.96. The highest BCUT2D eigenvalue weighted by molar-refractivity contribution is 5.28. The first-order valence-corrected chi connectivity index (χ1v) is 6.14. The fraction of sp³-hybridized carbons (Fsp3) is 0.571. The van der Waals surface area contributed by atoms with Crippen molar-refractivity contribution in [2.75, 3.05) is 34.4 Å². The second kappa shape index (κ2) is 8.08. The molecule has 0 saturated carbocycles. The van der Waals surface area contributed by atoms with Gasteiger partial charge in [0.05, 0.1) is 25.9 Å². The first-order valence-electron chi connectivity index (χ1n) is 6.14. The molecule has 0 saturated heterocycles. The van der Waals surface area contributed by atoms with Crippen LogP contribution in [0.5, 0.6) is 5.75 Å². The first-order chi connectivity index (χ1) is 8.71. The average molecular weight is 253 g/mol. The number of ether oxygens (including phenoxy) is 3. The zero-order valence-corrected chi connectivity index (χ0v) is 11.6. The quantitative estimate of drug-likeness (QED) is 0.769. The van der Waals surface area contributed by atoms with Gasteiger partial charge in [0.15, 0.2) is 0 Å². The molecule has 102 valence electrons. The molecule has 0 bridgehead atoms. The number of nitrogens with one attached hydrogen (secondary N) is 1. The molecule has 0 aliphatic rings. The van der Waals surface area contributed by atoms with Gasteiger partial charge in [-0.25, -0.2) is 0 Å². The van der Waals surface area contributed by atoms with Crippen molar-refractivity contribution >= 4 is 0 Å². The molecule has 1 aromatic carbocycles. The molecular formula is C14H23NO3. The van der Waals surface area contributed by atoms with Crippen LogP contribution in [0.1, 0.15) is 18.6 Å². The lowest BCUT2D eigenvalue weighted by atomic mass is 10.1. The molecule has 0 radical (unpaired) electrons. The molecule has 2 unspecified atom stereocenters. The summed E-state index contributed by atoms with van der Waals surface area (Å²) in [6.45, 7) is 3.37. The summed E-state index contributed by atoms with van der Waals surface area (Å²) in [4.78, 5) is 0. The number of hydrogen-bond donors (Lipinski definition) is 1. The summed E-state index contributed by atoms with van der Waals surface area (Å²) in [6, 6.07) is 7.95. The van der Waals surface area contributed by atoms with E-state index in [1.807, 2.05) is 38.2 Å². The van der Waals surface area contributed by atoms with Gasteiger partial charge in [-0.15, -0.1) is 0 Å². The van der Waals surface area contributed by atoms with E-state index in [9.17, 15) is 0 Å². The first kappa shape index (κ1) is 15.0. The van der Waals surface area contributed by atoms with E-state index < -0.39 is 0 Å². The Balaban J connectivity index is 2.69. The Morgan fingerprint density at radius 3 is 2.33 bits per heavy atom. The Labute approximate surface area is 109 Å². The summed E-state index contributed by atoms with van der Waals surface area (Å²) in [5.74, 6) is 0.854. The Morgan fingerprint density at radius 1 is 1.17 bits per heavy atom. The van der Waals surface area contributed by atoms with Crippen LogP contribution in [-0.2, 0) is 9.47 Å². The highest BCUT2D eigenvalue weighted by Crippen LogP contribution is 2.21. The van der Waals surface area contributed by atoms with Crippen molar-refractivity contribution < 1.29 is 14.2 Å². The molecule has 0 aliphatic carbocycles. The van der Waals surface area contributed by atoms with Gasteiger partial charge in [0.1, 0.15) is 5.75 Å². The predicted molar refractivity (Wildman–Crippen MR) is 72.1 cm³/mol. The van der Waals surface area contributed by atoms with Gasteiger partial charge in [-0.3, -0.25) is 0 Å². The Hall–Kier alpha value is -1.10. The van der Waals surface area contributed by atoms with Crippen LogP contribution in [-0.4, -0.2) is 40.5 Å². The summed E-state index contributed by atoms with van der Waals surface area (Å²) in [5, 5.41) is 3.15. The van der Waals surface area contributed by atoms with E-state index in [1.54, 1.807) is 14.2 Å². The van der Waals surface area contributed by atoms with Crippen LogP contribution in [0.2, 0.25) is 0 Å². The van der Waals surface area contributed by atoms with Crippen molar-refractivity contribution in [3.8, 4) is 5.75 Å². The maximum Gasteiger partial charge on any atom is 0.118 e. The van der Waals surface area contributed by atoms with Crippen molar-refractivity contribution in [1.82, 2.24) is 5.32 Å². The standard InChI is InChI=1S/C14H23NO3/c1-11(10-16-3)18-14(9-15-2)12-5-7-13(17-4)8-6-12/h5-8,11,14-15H,9-10H2,1-4H3. The van der Waals surface area contributed by atoms with E-state index >= 15 is 0 Å². The van der Waals surface area contributed by atoms with E-state index in [0.29, 0.717) is 6.61 Å². The number of rotatable bonds is 8. The fourth-order valence-corrected chi connectivity index (χ4v) is 1.80. The molecule has 4 heteroatoms. The normalized spacial score (nSPS) is 14.2. The smallest absolute Gasteiger partial charge is 0.118 e. The lowest BCUT2D eigenvalue weighted by molar-refractivity contribution is -0.0387. The molecule has 2 atom stereocenters. The molecule has 0 amide bonds. The number of likely N-dealkylation sites (N-methyl/N-ethyl adjacent to an activating group) is 1. The average Bonchev–Trinajstić information content (AvgIpc) is 2.39. The number of hydrogen-bond acceptors (Lipinski definition) is 4. The van der Waals surface area contributed by atoms with Crippen LogP contribution < -0.4 is 10.1 Å². The van der Waals surface area contributed by atoms with Crippen LogP contribution >= 0.6 is 0 Å². The molecule has 18 heavy (non-hydrogen) atoms. The van der Waals surface area contributed by atoms with Gasteiger partial charge in [0.25, 0.3) is 0 Å². The second-order valence-electron chi connectivity index (χ2n) is 4.22. The van der Waals surface area contributed by atoms with Crippen molar-refractivity contribution in [2.45, 2.75) is 19.1 Å².